The van der Waals surface area contributed by atoms with Crippen molar-refractivity contribution in [1.82, 2.24) is 20.0 Å². The monoisotopic (exact) mass is 663 g/mol. The van der Waals surface area contributed by atoms with E-state index in [4.69, 9.17) is 19.4 Å². The van der Waals surface area contributed by atoms with Crippen molar-refractivity contribution in [2.45, 2.75) is 149 Å². The minimum Gasteiger partial charge on any atom is -0.490 e. The molecule has 0 spiro atoms. The number of benzene rings is 2. The molecule has 3 rings (SSSR count). The van der Waals surface area contributed by atoms with Gasteiger partial charge in [0.1, 0.15) is 0 Å². The van der Waals surface area contributed by atoms with Crippen molar-refractivity contribution in [2.24, 2.45) is 0 Å². The molecular weight excluding hydrogens is 596 g/mol. The molecule has 7 nitrogen and oxygen atoms in total. The quantitative estimate of drug-likeness (QED) is 0.0460. The fraction of sp³-hybridized carbons (Fsp3) is 0.683. The first kappa shape index (κ1) is 39.5. The number of carbonyl (C=O) groups excluding carboxylic acids is 1. The van der Waals surface area contributed by atoms with Gasteiger partial charge in [0.15, 0.2) is 11.5 Å². The average Bonchev–Trinajstić information content (AvgIpc) is 3.08. The van der Waals surface area contributed by atoms with Crippen LogP contribution in [-0.4, -0.2) is 59.7 Å². The minimum atomic E-state index is -0.0532. The van der Waals surface area contributed by atoms with Crippen LogP contribution >= 0.6 is 0 Å². The van der Waals surface area contributed by atoms with Crippen molar-refractivity contribution < 1.29 is 14.3 Å². The standard InChI is InChI=1S/C41H66N4O3/c1-6-9-11-13-15-17-19-21-23-25-29-47-39-32-37-38(33-40(39)48-30-26-24-22-20-18-16-14-12-10-7-2)43-36-31-34(27-28-35(36)42-37)41(46)45(8-3)44(4)5/h27-28,31-33H,6-26,29-30H2,1-5H3. The van der Waals surface area contributed by atoms with E-state index in [0.29, 0.717) is 30.8 Å². The smallest absolute Gasteiger partial charge is 0.268 e. The van der Waals surface area contributed by atoms with Crippen molar-refractivity contribution in [1.29, 1.82) is 0 Å². The number of unbranched alkanes of at least 4 members (excludes halogenated alkanes) is 18. The molecule has 0 atom stereocenters. The number of aromatic nitrogens is 2. The molecule has 2 aromatic carbocycles. The first-order chi connectivity index (χ1) is 23.5. The summed E-state index contributed by atoms with van der Waals surface area (Å²) in [7, 11) is 3.76. The van der Waals surface area contributed by atoms with E-state index in [9.17, 15) is 4.79 Å². The van der Waals surface area contributed by atoms with Gasteiger partial charge in [0.25, 0.3) is 5.91 Å². The Morgan fingerprint density at radius 1 is 0.542 bits per heavy atom. The Balaban J connectivity index is 1.62. The molecule has 0 bridgehead atoms. The molecule has 1 aromatic heterocycles. The summed E-state index contributed by atoms with van der Waals surface area (Å²) in [6.07, 6.45) is 25.9. The van der Waals surface area contributed by atoms with Gasteiger partial charge in [0, 0.05) is 38.3 Å². The van der Waals surface area contributed by atoms with E-state index in [1.807, 2.05) is 56.4 Å². The van der Waals surface area contributed by atoms with E-state index in [1.54, 1.807) is 5.01 Å². The molecule has 48 heavy (non-hydrogen) atoms. The lowest BCUT2D eigenvalue weighted by Gasteiger charge is -2.27. The molecule has 0 fully saturated rings. The third-order valence-electron chi connectivity index (χ3n) is 9.27. The fourth-order valence-electron chi connectivity index (χ4n) is 6.34. The van der Waals surface area contributed by atoms with Crippen molar-refractivity contribution in [3.8, 4) is 11.5 Å². The van der Waals surface area contributed by atoms with E-state index in [0.717, 1.165) is 40.9 Å². The minimum absolute atomic E-state index is 0.0532. The Morgan fingerprint density at radius 2 is 0.938 bits per heavy atom. The number of hydrogen-bond donors (Lipinski definition) is 0. The second-order valence-electron chi connectivity index (χ2n) is 13.6. The van der Waals surface area contributed by atoms with Crippen LogP contribution in [-0.2, 0) is 0 Å². The first-order valence-electron chi connectivity index (χ1n) is 19.5. The van der Waals surface area contributed by atoms with Crippen LogP contribution in [0.3, 0.4) is 0 Å². The van der Waals surface area contributed by atoms with Crippen LogP contribution in [0.4, 0.5) is 0 Å². The lowest BCUT2D eigenvalue weighted by molar-refractivity contribution is 0.0230. The number of hydrazine groups is 1. The average molecular weight is 663 g/mol. The zero-order valence-electron chi connectivity index (χ0n) is 31.2. The Labute approximate surface area is 292 Å². The van der Waals surface area contributed by atoms with E-state index in [-0.39, 0.29) is 5.91 Å². The third-order valence-corrected chi connectivity index (χ3v) is 9.27. The number of hydrogen-bond acceptors (Lipinski definition) is 6. The van der Waals surface area contributed by atoms with Crippen LogP contribution in [0.1, 0.15) is 160 Å². The fourth-order valence-corrected chi connectivity index (χ4v) is 6.34. The largest absolute Gasteiger partial charge is 0.490 e. The number of ether oxygens (including phenoxy) is 2. The third kappa shape index (κ3) is 13.9. The lowest BCUT2D eigenvalue weighted by Crippen LogP contribution is -2.41. The molecule has 7 heteroatoms. The van der Waals surface area contributed by atoms with Gasteiger partial charge in [0.2, 0.25) is 0 Å². The topological polar surface area (TPSA) is 67.8 Å². The SMILES string of the molecule is CCCCCCCCCCCCOc1cc2nc3ccc(C(=O)N(CC)N(C)C)cc3nc2cc1OCCCCCCCCCCCC. The zero-order chi connectivity index (χ0) is 34.4. The van der Waals surface area contributed by atoms with Crippen LogP contribution in [0.15, 0.2) is 30.3 Å². The van der Waals surface area contributed by atoms with Gasteiger partial charge in [0.05, 0.1) is 35.3 Å². The number of carbonyl (C=O) groups is 1. The molecule has 0 N–H and O–H groups in total. The molecule has 1 heterocycles. The molecule has 268 valence electrons. The van der Waals surface area contributed by atoms with E-state index in [2.05, 4.69) is 13.8 Å². The van der Waals surface area contributed by atoms with Crippen molar-refractivity contribution in [3.63, 3.8) is 0 Å². The number of nitrogens with zero attached hydrogens (tertiary/aromatic N) is 4. The molecule has 0 radical (unpaired) electrons. The first-order valence-corrected chi connectivity index (χ1v) is 19.5. The molecule has 1 amide bonds. The highest BCUT2D eigenvalue weighted by molar-refractivity contribution is 5.98. The highest BCUT2D eigenvalue weighted by Gasteiger charge is 2.18. The maximum atomic E-state index is 13.2. The summed E-state index contributed by atoms with van der Waals surface area (Å²) in [6, 6.07) is 9.52. The van der Waals surface area contributed by atoms with Crippen molar-refractivity contribution >= 4 is 28.0 Å². The molecule has 0 aliphatic rings. The van der Waals surface area contributed by atoms with Crippen LogP contribution in [0, 0.1) is 0 Å². The van der Waals surface area contributed by atoms with Gasteiger partial charge < -0.3 is 9.47 Å². The van der Waals surface area contributed by atoms with Gasteiger partial charge in [-0.25, -0.2) is 15.0 Å². The van der Waals surface area contributed by atoms with Gasteiger partial charge in [-0.1, -0.05) is 129 Å². The van der Waals surface area contributed by atoms with Crippen LogP contribution in [0.25, 0.3) is 22.1 Å². The van der Waals surface area contributed by atoms with E-state index >= 15 is 0 Å². The Bertz CT molecular complexity index is 1330. The van der Waals surface area contributed by atoms with Gasteiger partial charge >= 0.3 is 0 Å². The number of amides is 1. The molecular formula is C41H66N4O3. The molecule has 3 aromatic rings. The predicted molar refractivity (Wildman–Crippen MR) is 202 cm³/mol. The van der Waals surface area contributed by atoms with Gasteiger partial charge in [-0.3, -0.25) is 9.80 Å². The summed E-state index contributed by atoms with van der Waals surface area (Å²) < 4.78 is 12.7. The Kier molecular flexibility index (Phi) is 19.3. The van der Waals surface area contributed by atoms with E-state index < -0.39 is 0 Å². The second-order valence-corrected chi connectivity index (χ2v) is 13.6. The van der Waals surface area contributed by atoms with Gasteiger partial charge in [-0.05, 0) is 38.0 Å². The predicted octanol–water partition coefficient (Wildman–Crippen LogP) is 11.3. The van der Waals surface area contributed by atoms with Crippen LogP contribution in [0.5, 0.6) is 11.5 Å². The summed E-state index contributed by atoms with van der Waals surface area (Å²) in [6.45, 7) is 8.44. The van der Waals surface area contributed by atoms with Crippen molar-refractivity contribution in [2.75, 3.05) is 33.9 Å². The zero-order valence-corrected chi connectivity index (χ0v) is 31.2. The Hall–Kier alpha value is -2.93. The summed E-state index contributed by atoms with van der Waals surface area (Å²) in [5.74, 6) is 1.43. The van der Waals surface area contributed by atoms with Gasteiger partial charge in [-0.15, -0.1) is 0 Å². The molecule has 0 saturated heterocycles. The highest BCUT2D eigenvalue weighted by Crippen LogP contribution is 2.33. The highest BCUT2D eigenvalue weighted by atomic mass is 16.5. The summed E-state index contributed by atoms with van der Waals surface area (Å²) >= 11 is 0. The number of fused-ring (bicyclic) bond motifs is 2. The van der Waals surface area contributed by atoms with Crippen LogP contribution in [0.2, 0.25) is 0 Å². The second kappa shape index (κ2) is 23.4. The molecule has 0 unspecified atom stereocenters. The van der Waals surface area contributed by atoms with E-state index in [1.165, 1.54) is 116 Å². The maximum Gasteiger partial charge on any atom is 0.268 e. The summed E-state index contributed by atoms with van der Waals surface area (Å²) in [5, 5.41) is 3.52. The normalized spacial score (nSPS) is 11.5. The van der Waals surface area contributed by atoms with Gasteiger partial charge in [-0.2, -0.15) is 0 Å². The van der Waals surface area contributed by atoms with Crippen molar-refractivity contribution in [3.05, 3.63) is 35.9 Å². The summed E-state index contributed by atoms with van der Waals surface area (Å²) in [5.41, 5.74) is 3.57. The number of rotatable bonds is 27. The lowest BCUT2D eigenvalue weighted by atomic mass is 10.1. The maximum absolute atomic E-state index is 13.2. The summed E-state index contributed by atoms with van der Waals surface area (Å²) in [4.78, 5) is 23.0. The molecule has 0 aliphatic heterocycles. The molecule has 0 saturated carbocycles. The Morgan fingerprint density at radius 3 is 1.35 bits per heavy atom. The molecule has 0 aliphatic carbocycles. The van der Waals surface area contributed by atoms with Crippen LogP contribution < -0.4 is 9.47 Å².